The van der Waals surface area contributed by atoms with Gasteiger partial charge in [0.2, 0.25) is 0 Å². The maximum atomic E-state index is 13.1. The molecule has 4 rings (SSSR count). The number of alkyl halides is 3. The van der Waals surface area contributed by atoms with Gasteiger partial charge in [-0.15, -0.1) is 0 Å². The van der Waals surface area contributed by atoms with Crippen molar-refractivity contribution in [2.45, 2.75) is 19.5 Å². The van der Waals surface area contributed by atoms with E-state index in [0.717, 1.165) is 12.3 Å². The minimum atomic E-state index is -4.54. The van der Waals surface area contributed by atoms with Crippen LogP contribution in [0.4, 0.5) is 18.9 Å². The monoisotopic (exact) mass is 399 g/mol. The summed E-state index contributed by atoms with van der Waals surface area (Å²) in [6.45, 7) is 1.78. The number of phenols is 1. The zero-order valence-electron chi connectivity index (χ0n) is 15.3. The van der Waals surface area contributed by atoms with Gasteiger partial charge >= 0.3 is 6.18 Å². The summed E-state index contributed by atoms with van der Waals surface area (Å²) in [6.07, 6.45) is -3.28. The Labute approximate surface area is 163 Å². The first-order valence-electron chi connectivity index (χ1n) is 8.90. The van der Waals surface area contributed by atoms with Gasteiger partial charge in [-0.25, -0.2) is 4.98 Å². The molecule has 1 amide bonds. The van der Waals surface area contributed by atoms with E-state index in [1.807, 2.05) is 0 Å². The lowest BCUT2D eigenvalue weighted by Gasteiger charge is -2.11. The molecule has 0 aliphatic rings. The number of carbonyl (C=O) groups is 1. The molecule has 8 heteroatoms. The quantitative estimate of drug-likeness (QED) is 0.508. The predicted molar refractivity (Wildman–Crippen MR) is 103 cm³/mol. The van der Waals surface area contributed by atoms with Gasteiger partial charge in [-0.05, 0) is 30.7 Å². The maximum Gasteiger partial charge on any atom is 0.417 e. The summed E-state index contributed by atoms with van der Waals surface area (Å²) in [5.41, 5.74) is 0.271. The Kier molecular flexibility index (Phi) is 4.41. The Morgan fingerprint density at radius 2 is 1.83 bits per heavy atom. The highest BCUT2D eigenvalue weighted by atomic mass is 19.4. The van der Waals surface area contributed by atoms with Crippen LogP contribution >= 0.6 is 0 Å². The number of imidazole rings is 1. The Balaban J connectivity index is 1.82. The van der Waals surface area contributed by atoms with Gasteiger partial charge in [0.15, 0.2) is 0 Å². The fourth-order valence-electron chi connectivity index (χ4n) is 3.33. The third-order valence-corrected chi connectivity index (χ3v) is 4.72. The van der Waals surface area contributed by atoms with Crippen molar-refractivity contribution in [2.24, 2.45) is 0 Å². The standard InChI is InChI=1S/C21H16F3N3O2/c1-2-15-19(27-11-12(21(22,23)24)9-10-18(27)25-15)20(29)26-16-7-3-6-14-13(16)5-4-8-17(14)28/h3-11,28H,2H2,1H3,(H,26,29). The molecule has 0 aliphatic carbocycles. The summed E-state index contributed by atoms with van der Waals surface area (Å²) < 4.78 is 40.6. The average molecular weight is 399 g/mol. The van der Waals surface area contributed by atoms with Crippen LogP contribution < -0.4 is 5.32 Å². The molecule has 0 bridgehead atoms. The Bertz CT molecular complexity index is 1250. The van der Waals surface area contributed by atoms with E-state index in [9.17, 15) is 23.1 Å². The number of anilines is 1. The molecule has 0 aliphatic heterocycles. The normalized spacial score (nSPS) is 11.9. The summed E-state index contributed by atoms with van der Waals surface area (Å²) in [5, 5.41) is 13.9. The van der Waals surface area contributed by atoms with Gasteiger partial charge in [0.1, 0.15) is 17.1 Å². The topological polar surface area (TPSA) is 66.6 Å². The van der Waals surface area contributed by atoms with Crippen LogP contribution in [0.15, 0.2) is 54.7 Å². The minimum absolute atomic E-state index is 0.0470. The molecule has 4 aromatic rings. The summed E-state index contributed by atoms with van der Waals surface area (Å²) in [6, 6.07) is 12.2. The zero-order chi connectivity index (χ0) is 20.8. The van der Waals surface area contributed by atoms with Crippen LogP contribution in [0, 0.1) is 0 Å². The van der Waals surface area contributed by atoms with Gasteiger partial charge in [0, 0.05) is 22.7 Å². The molecule has 148 valence electrons. The van der Waals surface area contributed by atoms with Crippen molar-refractivity contribution in [1.29, 1.82) is 0 Å². The molecule has 0 spiro atoms. The fraction of sp³-hybridized carbons (Fsp3) is 0.143. The van der Waals surface area contributed by atoms with Gasteiger partial charge < -0.3 is 10.4 Å². The van der Waals surface area contributed by atoms with Gasteiger partial charge in [-0.2, -0.15) is 13.2 Å². The van der Waals surface area contributed by atoms with E-state index in [2.05, 4.69) is 10.3 Å². The molecule has 2 aromatic heterocycles. The number of aromatic hydroxyl groups is 1. The van der Waals surface area contributed by atoms with Gasteiger partial charge in [-0.1, -0.05) is 31.2 Å². The number of carbonyl (C=O) groups excluding carboxylic acids is 1. The van der Waals surface area contributed by atoms with Crippen LogP contribution in [0.1, 0.15) is 28.7 Å². The van der Waals surface area contributed by atoms with Crippen LogP contribution in [0.25, 0.3) is 16.4 Å². The molecule has 0 unspecified atom stereocenters. The molecule has 0 radical (unpaired) electrons. The third-order valence-electron chi connectivity index (χ3n) is 4.72. The molecular weight excluding hydrogens is 383 g/mol. The highest BCUT2D eigenvalue weighted by molar-refractivity contribution is 6.10. The predicted octanol–water partition coefficient (Wildman–Crippen LogP) is 5.03. The number of pyridine rings is 1. The van der Waals surface area contributed by atoms with Crippen molar-refractivity contribution in [3.63, 3.8) is 0 Å². The average Bonchev–Trinajstić information content (AvgIpc) is 3.06. The van der Waals surface area contributed by atoms with E-state index in [1.165, 1.54) is 16.5 Å². The molecule has 29 heavy (non-hydrogen) atoms. The number of aryl methyl sites for hydroxylation is 1. The van der Waals surface area contributed by atoms with Gasteiger partial charge in [-0.3, -0.25) is 9.20 Å². The first kappa shape index (κ1) is 18.8. The number of aromatic nitrogens is 2. The van der Waals surface area contributed by atoms with Crippen molar-refractivity contribution in [3.8, 4) is 5.75 Å². The smallest absolute Gasteiger partial charge is 0.417 e. The first-order valence-corrected chi connectivity index (χ1v) is 8.90. The van der Waals surface area contributed by atoms with E-state index in [4.69, 9.17) is 0 Å². The van der Waals surface area contributed by atoms with Crippen molar-refractivity contribution < 1.29 is 23.1 Å². The minimum Gasteiger partial charge on any atom is -0.507 e. The first-order chi connectivity index (χ1) is 13.8. The zero-order valence-corrected chi connectivity index (χ0v) is 15.3. The second-order valence-electron chi connectivity index (χ2n) is 6.54. The third kappa shape index (κ3) is 3.26. The number of hydrogen-bond donors (Lipinski definition) is 2. The largest absolute Gasteiger partial charge is 0.507 e. The molecule has 5 nitrogen and oxygen atoms in total. The lowest BCUT2D eigenvalue weighted by Crippen LogP contribution is -2.17. The van der Waals surface area contributed by atoms with Gasteiger partial charge in [0.05, 0.1) is 11.3 Å². The maximum absolute atomic E-state index is 13.1. The van der Waals surface area contributed by atoms with Crippen LogP contribution in [0.2, 0.25) is 0 Å². The van der Waals surface area contributed by atoms with Gasteiger partial charge in [0.25, 0.3) is 5.91 Å². The van der Waals surface area contributed by atoms with Crippen LogP contribution in [0.5, 0.6) is 5.75 Å². The highest BCUT2D eigenvalue weighted by Crippen LogP contribution is 2.32. The van der Waals surface area contributed by atoms with Crippen molar-refractivity contribution in [2.75, 3.05) is 5.32 Å². The second kappa shape index (κ2) is 6.80. The van der Waals surface area contributed by atoms with Crippen molar-refractivity contribution >= 4 is 28.0 Å². The molecule has 0 fully saturated rings. The van der Waals surface area contributed by atoms with E-state index in [0.29, 0.717) is 28.6 Å². The van der Waals surface area contributed by atoms with E-state index >= 15 is 0 Å². The highest BCUT2D eigenvalue weighted by Gasteiger charge is 2.32. The van der Waals surface area contributed by atoms with Crippen molar-refractivity contribution in [3.05, 3.63) is 71.7 Å². The van der Waals surface area contributed by atoms with E-state index in [1.54, 1.807) is 37.3 Å². The van der Waals surface area contributed by atoms with Crippen LogP contribution in [0.3, 0.4) is 0 Å². The number of hydrogen-bond acceptors (Lipinski definition) is 3. The van der Waals surface area contributed by atoms with E-state index < -0.39 is 17.6 Å². The number of benzene rings is 2. The van der Waals surface area contributed by atoms with Crippen molar-refractivity contribution in [1.82, 2.24) is 9.38 Å². The molecule has 2 heterocycles. The second-order valence-corrected chi connectivity index (χ2v) is 6.54. The SMILES string of the molecule is CCc1nc2ccc(C(F)(F)F)cn2c1C(=O)Nc1cccc2c(O)cccc12. The lowest BCUT2D eigenvalue weighted by atomic mass is 10.1. The number of fused-ring (bicyclic) bond motifs is 2. The molecule has 0 atom stereocenters. The lowest BCUT2D eigenvalue weighted by molar-refractivity contribution is -0.137. The fourth-order valence-corrected chi connectivity index (χ4v) is 3.33. The Morgan fingerprint density at radius 3 is 2.55 bits per heavy atom. The molecule has 0 saturated heterocycles. The molecule has 2 aromatic carbocycles. The Hall–Kier alpha value is -3.55. The number of phenolic OH excluding ortho intramolecular Hbond substituents is 1. The molecular formula is C21H16F3N3O2. The number of halogens is 3. The summed E-state index contributed by atoms with van der Waals surface area (Å²) in [4.78, 5) is 17.3. The number of amides is 1. The number of nitrogens with one attached hydrogen (secondary N) is 1. The summed E-state index contributed by atoms with van der Waals surface area (Å²) in [7, 11) is 0. The van der Waals surface area contributed by atoms with Crippen LogP contribution in [-0.2, 0) is 12.6 Å². The summed E-state index contributed by atoms with van der Waals surface area (Å²) >= 11 is 0. The Morgan fingerprint density at radius 1 is 1.10 bits per heavy atom. The van der Waals surface area contributed by atoms with E-state index in [-0.39, 0.29) is 17.1 Å². The number of rotatable bonds is 3. The molecule has 0 saturated carbocycles. The molecule has 2 N–H and O–H groups in total. The number of nitrogens with zero attached hydrogens (tertiary/aromatic N) is 2. The summed E-state index contributed by atoms with van der Waals surface area (Å²) in [5.74, 6) is -0.512. The van der Waals surface area contributed by atoms with Crippen LogP contribution in [-0.4, -0.2) is 20.4 Å².